The van der Waals surface area contributed by atoms with Gasteiger partial charge in [0, 0.05) is 11.6 Å². The number of hydrogen-bond acceptors (Lipinski definition) is 6. The van der Waals surface area contributed by atoms with E-state index < -0.39 is 18.1 Å². The highest BCUT2D eigenvalue weighted by Crippen LogP contribution is 2.29. The Morgan fingerprint density at radius 1 is 1.43 bits per heavy atom. The molecule has 1 aromatic heterocycles. The number of tetrazole rings is 1. The Kier molecular flexibility index (Phi) is 4.63. The van der Waals surface area contributed by atoms with E-state index in [0.717, 1.165) is 23.0 Å². The van der Waals surface area contributed by atoms with Gasteiger partial charge in [-0.1, -0.05) is 6.58 Å². The summed E-state index contributed by atoms with van der Waals surface area (Å²) in [5, 5.41) is 11.3. The summed E-state index contributed by atoms with van der Waals surface area (Å²) in [5.74, 6) is -0.780. The van der Waals surface area contributed by atoms with Gasteiger partial charge in [-0.25, -0.2) is 4.79 Å². The number of carbonyl (C=O) groups is 1. The molecule has 0 bridgehead atoms. The smallest absolute Gasteiger partial charge is 0.423 e. The van der Waals surface area contributed by atoms with E-state index in [0.29, 0.717) is 5.82 Å². The Bertz CT molecular complexity index is 727. The van der Waals surface area contributed by atoms with Gasteiger partial charge in [-0.05, 0) is 30.3 Å². The van der Waals surface area contributed by atoms with Crippen LogP contribution in [0.4, 0.5) is 13.2 Å². The first-order chi connectivity index (χ1) is 10.8. The molecule has 0 saturated heterocycles. The summed E-state index contributed by atoms with van der Waals surface area (Å²) in [6, 6.07) is 3.29. The van der Waals surface area contributed by atoms with E-state index in [2.05, 4.69) is 26.7 Å². The van der Waals surface area contributed by atoms with E-state index in [1.807, 2.05) is 0 Å². The number of carbonyl (C=O) groups excluding carboxylic acids is 1. The first-order valence-corrected chi connectivity index (χ1v) is 6.24. The fourth-order valence-electron chi connectivity index (χ4n) is 1.67. The normalized spacial score (nSPS) is 11.1. The third kappa shape index (κ3) is 4.80. The highest BCUT2D eigenvalue weighted by molar-refractivity contribution is 5.83. The second-order valence-electron chi connectivity index (χ2n) is 4.31. The lowest BCUT2D eigenvalue weighted by atomic mass is 10.2. The molecule has 0 N–H and O–H groups in total. The van der Waals surface area contributed by atoms with Crippen LogP contribution in [0, 0.1) is 6.92 Å². The number of halogens is 3. The van der Waals surface area contributed by atoms with Gasteiger partial charge in [0.1, 0.15) is 11.5 Å². The lowest BCUT2D eigenvalue weighted by Gasteiger charge is -2.13. The van der Waals surface area contributed by atoms with Crippen molar-refractivity contribution in [2.24, 2.45) is 0 Å². The van der Waals surface area contributed by atoms with Gasteiger partial charge in [0.25, 0.3) is 0 Å². The van der Waals surface area contributed by atoms with Gasteiger partial charge >= 0.3 is 12.3 Å². The number of esters is 1. The molecule has 0 aliphatic rings. The van der Waals surface area contributed by atoms with Crippen molar-refractivity contribution in [3.8, 4) is 11.5 Å². The fraction of sp³-hybridized carbons (Fsp3) is 0.231. The van der Waals surface area contributed by atoms with Crippen LogP contribution in [-0.4, -0.2) is 32.5 Å². The molecule has 2 rings (SSSR count). The zero-order valence-corrected chi connectivity index (χ0v) is 11.9. The van der Waals surface area contributed by atoms with Crippen LogP contribution in [0.25, 0.3) is 0 Å². The van der Waals surface area contributed by atoms with Crippen LogP contribution in [0.1, 0.15) is 11.4 Å². The third-order valence-corrected chi connectivity index (χ3v) is 2.51. The second kappa shape index (κ2) is 6.46. The van der Waals surface area contributed by atoms with Gasteiger partial charge in [-0.2, -0.15) is 4.80 Å². The third-order valence-electron chi connectivity index (χ3n) is 2.51. The van der Waals surface area contributed by atoms with Crippen molar-refractivity contribution in [3.63, 3.8) is 0 Å². The van der Waals surface area contributed by atoms with Crippen LogP contribution >= 0.6 is 0 Å². The molecule has 0 aliphatic heterocycles. The van der Waals surface area contributed by atoms with E-state index in [4.69, 9.17) is 4.74 Å². The molecular formula is C13H11F3N4O3. The Hall–Kier alpha value is -2.91. The zero-order valence-electron chi connectivity index (χ0n) is 11.9. The number of benzene rings is 1. The van der Waals surface area contributed by atoms with Crippen molar-refractivity contribution < 1.29 is 27.4 Å². The average Bonchev–Trinajstić information content (AvgIpc) is 2.85. The molecule has 23 heavy (non-hydrogen) atoms. The number of alkyl halides is 3. The largest absolute Gasteiger partial charge is 0.573 e. The van der Waals surface area contributed by atoms with Crippen LogP contribution in [0.5, 0.6) is 11.5 Å². The molecule has 7 nitrogen and oxygen atoms in total. The summed E-state index contributed by atoms with van der Waals surface area (Å²) in [7, 11) is 0. The summed E-state index contributed by atoms with van der Waals surface area (Å²) >= 11 is 0. The van der Waals surface area contributed by atoms with Crippen molar-refractivity contribution in [2.45, 2.75) is 19.8 Å². The standard InChI is InChI=1S/C13H11F3N4O3/c1-3-12(21)22-11-5-4-10(23-13(14,15)16)6-9(11)7-20-18-8(2)17-19-20/h3-6H,1,7H2,2H3. The molecule has 0 spiro atoms. The Morgan fingerprint density at radius 3 is 2.74 bits per heavy atom. The topological polar surface area (TPSA) is 79.1 Å². The molecule has 122 valence electrons. The first kappa shape index (κ1) is 16.5. The monoisotopic (exact) mass is 328 g/mol. The van der Waals surface area contributed by atoms with Crippen molar-refractivity contribution in [3.05, 3.63) is 42.2 Å². The second-order valence-corrected chi connectivity index (χ2v) is 4.31. The van der Waals surface area contributed by atoms with Crippen LogP contribution in [0.3, 0.4) is 0 Å². The van der Waals surface area contributed by atoms with Gasteiger partial charge in [0.15, 0.2) is 5.82 Å². The highest BCUT2D eigenvalue weighted by Gasteiger charge is 2.31. The molecule has 1 aromatic carbocycles. The predicted octanol–water partition coefficient (Wildman–Crippen LogP) is 2.02. The molecule has 0 fully saturated rings. The van der Waals surface area contributed by atoms with E-state index in [1.165, 1.54) is 6.07 Å². The number of aromatic nitrogens is 4. The summed E-state index contributed by atoms with van der Waals surface area (Å²) in [6.07, 6.45) is -3.90. The molecule has 0 amide bonds. The van der Waals surface area contributed by atoms with E-state index in [-0.39, 0.29) is 17.9 Å². The zero-order chi connectivity index (χ0) is 17.0. The number of aryl methyl sites for hydroxylation is 1. The first-order valence-electron chi connectivity index (χ1n) is 6.24. The highest BCUT2D eigenvalue weighted by atomic mass is 19.4. The molecule has 0 unspecified atom stereocenters. The van der Waals surface area contributed by atoms with Crippen molar-refractivity contribution in [1.29, 1.82) is 0 Å². The number of hydrogen-bond donors (Lipinski definition) is 0. The fourth-order valence-corrected chi connectivity index (χ4v) is 1.67. The van der Waals surface area contributed by atoms with E-state index >= 15 is 0 Å². The lowest BCUT2D eigenvalue weighted by Crippen LogP contribution is -2.17. The van der Waals surface area contributed by atoms with E-state index in [1.54, 1.807) is 6.92 Å². The minimum Gasteiger partial charge on any atom is -0.423 e. The Labute approximate surface area is 128 Å². The quantitative estimate of drug-likeness (QED) is 0.475. The predicted molar refractivity (Wildman–Crippen MR) is 70.6 cm³/mol. The van der Waals surface area contributed by atoms with Gasteiger partial charge < -0.3 is 9.47 Å². The lowest BCUT2D eigenvalue weighted by molar-refractivity contribution is -0.274. The Balaban J connectivity index is 2.33. The molecular weight excluding hydrogens is 317 g/mol. The molecule has 0 atom stereocenters. The molecule has 0 saturated carbocycles. The maximum atomic E-state index is 12.3. The maximum absolute atomic E-state index is 12.3. The Morgan fingerprint density at radius 2 is 2.17 bits per heavy atom. The van der Waals surface area contributed by atoms with Crippen LogP contribution in [0.15, 0.2) is 30.9 Å². The minimum atomic E-state index is -4.83. The summed E-state index contributed by atoms with van der Waals surface area (Å²) in [5.41, 5.74) is 0.208. The van der Waals surface area contributed by atoms with Crippen LogP contribution < -0.4 is 9.47 Å². The molecule has 1 heterocycles. The number of nitrogens with zero attached hydrogens (tertiary/aromatic N) is 4. The van der Waals surface area contributed by atoms with Gasteiger partial charge in [0.2, 0.25) is 0 Å². The van der Waals surface area contributed by atoms with Gasteiger partial charge in [0.05, 0.1) is 6.54 Å². The van der Waals surface area contributed by atoms with E-state index in [9.17, 15) is 18.0 Å². The van der Waals surface area contributed by atoms with Crippen LogP contribution in [-0.2, 0) is 11.3 Å². The number of rotatable bonds is 5. The van der Waals surface area contributed by atoms with Crippen molar-refractivity contribution in [2.75, 3.05) is 0 Å². The summed E-state index contributed by atoms with van der Waals surface area (Å²) in [6.45, 7) is 4.79. The minimum absolute atomic E-state index is 0.0411. The molecule has 0 aliphatic carbocycles. The molecule has 10 heteroatoms. The average molecular weight is 328 g/mol. The van der Waals surface area contributed by atoms with Gasteiger partial charge in [-0.15, -0.1) is 23.4 Å². The molecule has 0 radical (unpaired) electrons. The van der Waals surface area contributed by atoms with Crippen LogP contribution in [0.2, 0.25) is 0 Å². The van der Waals surface area contributed by atoms with Crippen molar-refractivity contribution >= 4 is 5.97 Å². The summed E-state index contributed by atoms with van der Waals surface area (Å²) in [4.78, 5) is 12.4. The number of ether oxygens (including phenoxy) is 2. The SMILES string of the molecule is C=CC(=O)Oc1ccc(OC(F)(F)F)cc1Cn1nnc(C)n1. The summed E-state index contributed by atoms with van der Waals surface area (Å²) < 4.78 is 45.7. The molecule has 2 aromatic rings. The maximum Gasteiger partial charge on any atom is 0.573 e. The van der Waals surface area contributed by atoms with Gasteiger partial charge in [-0.3, -0.25) is 0 Å². The van der Waals surface area contributed by atoms with Crippen molar-refractivity contribution in [1.82, 2.24) is 20.2 Å².